The number of aromatic amines is 1. The first-order valence-corrected chi connectivity index (χ1v) is 7.86. The van der Waals surface area contributed by atoms with Gasteiger partial charge in [0.2, 0.25) is 0 Å². The van der Waals surface area contributed by atoms with Gasteiger partial charge in [-0.3, -0.25) is 9.82 Å². The molecule has 0 bridgehead atoms. The number of hydrogen-bond acceptors (Lipinski definition) is 5. The maximum absolute atomic E-state index is 12.4. The van der Waals surface area contributed by atoms with E-state index in [0.29, 0.717) is 23.7 Å². The topological polar surface area (TPSA) is 104 Å². The SMILES string of the molecule is CCOc1ccc(NS(=O)(=O)c2c(CO)n[nH]c2C)cc1. The number of nitrogens with one attached hydrogen (secondary N) is 2. The van der Waals surface area contributed by atoms with Gasteiger partial charge >= 0.3 is 0 Å². The Morgan fingerprint density at radius 2 is 2.00 bits per heavy atom. The first kappa shape index (κ1) is 15.3. The molecule has 0 aliphatic heterocycles. The molecule has 0 spiro atoms. The molecule has 0 radical (unpaired) electrons. The van der Waals surface area contributed by atoms with Gasteiger partial charge in [-0.2, -0.15) is 5.10 Å². The molecule has 21 heavy (non-hydrogen) atoms. The zero-order valence-electron chi connectivity index (χ0n) is 11.8. The summed E-state index contributed by atoms with van der Waals surface area (Å²) in [4.78, 5) is -0.0288. The lowest BCUT2D eigenvalue weighted by Crippen LogP contribution is -2.15. The second-order valence-electron chi connectivity index (χ2n) is 4.35. The first-order valence-electron chi connectivity index (χ1n) is 6.38. The number of nitrogens with zero attached hydrogens (tertiary/aromatic N) is 1. The summed E-state index contributed by atoms with van der Waals surface area (Å²) < 4.78 is 32.5. The molecule has 0 atom stereocenters. The molecule has 1 aromatic heterocycles. The van der Waals surface area contributed by atoms with Crippen molar-refractivity contribution in [2.24, 2.45) is 0 Å². The van der Waals surface area contributed by atoms with Gasteiger partial charge in [-0.05, 0) is 38.1 Å². The molecule has 2 rings (SSSR count). The molecule has 0 amide bonds. The van der Waals surface area contributed by atoms with Crippen LogP contribution < -0.4 is 9.46 Å². The number of benzene rings is 1. The highest BCUT2D eigenvalue weighted by molar-refractivity contribution is 7.92. The molecule has 3 N–H and O–H groups in total. The van der Waals surface area contributed by atoms with E-state index < -0.39 is 16.6 Å². The molecule has 1 aromatic carbocycles. The van der Waals surface area contributed by atoms with E-state index in [1.54, 1.807) is 31.2 Å². The van der Waals surface area contributed by atoms with Gasteiger partial charge in [-0.25, -0.2) is 8.42 Å². The minimum atomic E-state index is -3.81. The van der Waals surface area contributed by atoms with E-state index in [2.05, 4.69) is 14.9 Å². The van der Waals surface area contributed by atoms with E-state index in [1.807, 2.05) is 6.92 Å². The number of ether oxygens (including phenoxy) is 1. The van der Waals surface area contributed by atoms with E-state index in [9.17, 15) is 8.42 Å². The maximum atomic E-state index is 12.4. The van der Waals surface area contributed by atoms with Crippen LogP contribution in [0.5, 0.6) is 5.75 Å². The van der Waals surface area contributed by atoms with Crippen molar-refractivity contribution in [2.75, 3.05) is 11.3 Å². The van der Waals surface area contributed by atoms with E-state index in [-0.39, 0.29) is 10.6 Å². The van der Waals surface area contributed by atoms with E-state index in [0.717, 1.165) is 0 Å². The Bertz CT molecular complexity index is 708. The van der Waals surface area contributed by atoms with Crippen LogP contribution in [0.1, 0.15) is 18.3 Å². The number of aromatic nitrogens is 2. The third-order valence-electron chi connectivity index (χ3n) is 2.80. The lowest BCUT2D eigenvalue weighted by atomic mass is 10.3. The number of aliphatic hydroxyl groups is 1. The van der Waals surface area contributed by atoms with Crippen molar-refractivity contribution in [1.29, 1.82) is 0 Å². The number of sulfonamides is 1. The van der Waals surface area contributed by atoms with Crippen LogP contribution in [0, 0.1) is 6.92 Å². The van der Waals surface area contributed by atoms with Crippen LogP contribution in [0.25, 0.3) is 0 Å². The average molecular weight is 311 g/mol. The molecule has 0 saturated heterocycles. The van der Waals surface area contributed by atoms with Crippen LogP contribution in [0.4, 0.5) is 5.69 Å². The summed E-state index contributed by atoms with van der Waals surface area (Å²) >= 11 is 0. The van der Waals surface area contributed by atoms with Gasteiger partial charge in [-0.1, -0.05) is 0 Å². The summed E-state index contributed by atoms with van der Waals surface area (Å²) in [7, 11) is -3.81. The van der Waals surface area contributed by atoms with Crippen molar-refractivity contribution in [3.8, 4) is 5.75 Å². The second kappa shape index (κ2) is 6.15. The zero-order valence-corrected chi connectivity index (χ0v) is 12.6. The van der Waals surface area contributed by atoms with E-state index in [1.165, 1.54) is 0 Å². The molecule has 114 valence electrons. The molecule has 1 heterocycles. The predicted molar refractivity (Wildman–Crippen MR) is 77.7 cm³/mol. The van der Waals surface area contributed by atoms with Crippen LogP contribution in [0.2, 0.25) is 0 Å². The molecule has 2 aromatic rings. The molecule has 0 unspecified atom stereocenters. The molecule has 0 aliphatic rings. The highest BCUT2D eigenvalue weighted by Gasteiger charge is 2.24. The third-order valence-corrected chi connectivity index (χ3v) is 4.38. The number of aryl methyl sites for hydroxylation is 1. The summed E-state index contributed by atoms with van der Waals surface area (Å²) in [6, 6.07) is 6.57. The van der Waals surface area contributed by atoms with Crippen LogP contribution in [-0.4, -0.2) is 30.3 Å². The monoisotopic (exact) mass is 311 g/mol. The number of anilines is 1. The molecule has 7 nitrogen and oxygen atoms in total. The normalized spacial score (nSPS) is 11.4. The largest absolute Gasteiger partial charge is 0.494 e. The summed E-state index contributed by atoms with van der Waals surface area (Å²) in [5.74, 6) is 0.663. The summed E-state index contributed by atoms with van der Waals surface area (Å²) in [6.07, 6.45) is 0. The predicted octanol–water partition coefficient (Wildman–Crippen LogP) is 1.41. The van der Waals surface area contributed by atoms with Crippen LogP contribution in [-0.2, 0) is 16.6 Å². The Balaban J connectivity index is 2.26. The standard InChI is InChI=1S/C13H17N3O4S/c1-3-20-11-6-4-10(5-7-11)16-21(18,19)13-9(2)14-15-12(13)8-17/h4-7,16-17H,3,8H2,1-2H3,(H,14,15). The van der Waals surface area contributed by atoms with Crippen molar-refractivity contribution in [2.45, 2.75) is 25.3 Å². The molecule has 0 aliphatic carbocycles. The Hall–Kier alpha value is -2.06. The molecule has 8 heteroatoms. The van der Waals surface area contributed by atoms with Crippen LogP contribution >= 0.6 is 0 Å². The van der Waals surface area contributed by atoms with Gasteiger partial charge < -0.3 is 9.84 Å². The molecular formula is C13H17N3O4S. The van der Waals surface area contributed by atoms with Crippen LogP contribution in [0.15, 0.2) is 29.2 Å². The van der Waals surface area contributed by atoms with Gasteiger partial charge in [0.05, 0.1) is 18.9 Å². The highest BCUT2D eigenvalue weighted by atomic mass is 32.2. The van der Waals surface area contributed by atoms with Gasteiger partial charge in [-0.15, -0.1) is 0 Å². The van der Waals surface area contributed by atoms with Gasteiger partial charge in [0.1, 0.15) is 16.3 Å². The average Bonchev–Trinajstić information content (AvgIpc) is 2.83. The molecule has 0 saturated carbocycles. The number of rotatable bonds is 6. The fraction of sp³-hybridized carbons (Fsp3) is 0.308. The van der Waals surface area contributed by atoms with Crippen molar-refractivity contribution in [3.05, 3.63) is 35.7 Å². The van der Waals surface area contributed by atoms with E-state index >= 15 is 0 Å². The van der Waals surface area contributed by atoms with Crippen molar-refractivity contribution in [3.63, 3.8) is 0 Å². The highest BCUT2D eigenvalue weighted by Crippen LogP contribution is 2.23. The maximum Gasteiger partial charge on any atom is 0.265 e. The Morgan fingerprint density at radius 1 is 1.33 bits per heavy atom. The first-order chi connectivity index (χ1) is 9.97. The van der Waals surface area contributed by atoms with Crippen molar-refractivity contribution >= 4 is 15.7 Å². The molecular weight excluding hydrogens is 294 g/mol. The fourth-order valence-corrected chi connectivity index (χ4v) is 3.34. The number of hydrogen-bond donors (Lipinski definition) is 3. The van der Waals surface area contributed by atoms with Gasteiger partial charge in [0.25, 0.3) is 10.0 Å². The smallest absolute Gasteiger partial charge is 0.265 e. The summed E-state index contributed by atoms with van der Waals surface area (Å²) in [5.41, 5.74) is 0.867. The lowest BCUT2D eigenvalue weighted by Gasteiger charge is -2.09. The van der Waals surface area contributed by atoms with Gasteiger partial charge in [0.15, 0.2) is 0 Å². The minimum absolute atomic E-state index is 0.0288. The number of aliphatic hydroxyl groups excluding tert-OH is 1. The summed E-state index contributed by atoms with van der Waals surface area (Å²) in [6.45, 7) is 3.54. The summed E-state index contributed by atoms with van der Waals surface area (Å²) in [5, 5.41) is 15.5. The van der Waals surface area contributed by atoms with Crippen molar-refractivity contribution < 1.29 is 18.3 Å². The van der Waals surface area contributed by atoms with E-state index in [4.69, 9.17) is 9.84 Å². The fourth-order valence-electron chi connectivity index (χ4n) is 1.93. The van der Waals surface area contributed by atoms with Crippen molar-refractivity contribution in [1.82, 2.24) is 10.2 Å². The Kier molecular flexibility index (Phi) is 4.49. The molecule has 0 fully saturated rings. The van der Waals surface area contributed by atoms with Crippen LogP contribution in [0.3, 0.4) is 0 Å². The van der Waals surface area contributed by atoms with Gasteiger partial charge in [0, 0.05) is 5.69 Å². The Morgan fingerprint density at radius 3 is 2.57 bits per heavy atom. The zero-order chi connectivity index (χ0) is 15.5. The lowest BCUT2D eigenvalue weighted by molar-refractivity contribution is 0.273. The number of H-pyrrole nitrogens is 1. The second-order valence-corrected chi connectivity index (χ2v) is 5.96. The minimum Gasteiger partial charge on any atom is -0.494 e. The third kappa shape index (κ3) is 3.34. The quantitative estimate of drug-likeness (QED) is 0.748. The Labute approximate surface area is 123 Å².